The number of esters is 1. The summed E-state index contributed by atoms with van der Waals surface area (Å²) < 4.78 is 16.8. The number of carbonyl (C=O) groups is 2. The Balaban J connectivity index is 1.96. The number of hydrogen-bond donors (Lipinski definition) is 0. The van der Waals surface area contributed by atoms with Crippen LogP contribution in [-0.2, 0) is 29.2 Å². The van der Waals surface area contributed by atoms with Crippen molar-refractivity contribution in [1.82, 2.24) is 0 Å². The lowest BCUT2D eigenvalue weighted by molar-refractivity contribution is -0.139. The van der Waals surface area contributed by atoms with E-state index in [1.54, 1.807) is 12.1 Å². The number of methoxy groups -OCH3 is 1. The third kappa shape index (κ3) is 6.59. The average Bonchev–Trinajstić information content (AvgIpc) is 2.82. The zero-order valence-electron chi connectivity index (χ0n) is 17.9. The highest BCUT2D eigenvalue weighted by Gasteiger charge is 2.22. The van der Waals surface area contributed by atoms with Crippen molar-refractivity contribution in [3.63, 3.8) is 0 Å². The summed E-state index contributed by atoms with van der Waals surface area (Å²) in [6.45, 7) is 0.605. The van der Waals surface area contributed by atoms with E-state index in [0.717, 1.165) is 11.1 Å². The fourth-order valence-electron chi connectivity index (χ4n) is 3.21. The molecule has 3 aromatic carbocycles. The molecule has 0 bridgehead atoms. The largest absolute Gasteiger partial charge is 0.489 e. The fourth-order valence-corrected chi connectivity index (χ4v) is 3.38. The summed E-state index contributed by atoms with van der Waals surface area (Å²) in [7, 11) is 1.31. The zero-order chi connectivity index (χ0) is 22.8. The molecule has 3 rings (SSSR count). The number of ether oxygens (including phenoxy) is 3. The van der Waals surface area contributed by atoms with Crippen molar-refractivity contribution in [2.24, 2.45) is 0 Å². The molecule has 32 heavy (non-hydrogen) atoms. The molecule has 0 heterocycles. The lowest BCUT2D eigenvalue weighted by Gasteiger charge is -2.17. The molecule has 0 aliphatic heterocycles. The van der Waals surface area contributed by atoms with E-state index in [1.807, 2.05) is 60.7 Å². The molecule has 0 aliphatic carbocycles. The van der Waals surface area contributed by atoms with Gasteiger partial charge in [-0.05, 0) is 22.8 Å². The van der Waals surface area contributed by atoms with Gasteiger partial charge in [-0.3, -0.25) is 9.59 Å². The Hall–Kier alpha value is -3.31. The molecule has 0 saturated heterocycles. The number of carbonyl (C=O) groups excluding carboxylic acids is 2. The molecule has 0 N–H and O–H groups in total. The van der Waals surface area contributed by atoms with E-state index in [1.165, 1.54) is 7.11 Å². The third-order valence-corrected chi connectivity index (χ3v) is 4.99. The zero-order valence-corrected chi connectivity index (χ0v) is 18.6. The molecule has 0 aliphatic rings. The first-order valence-corrected chi connectivity index (χ1v) is 10.8. The van der Waals surface area contributed by atoms with Crippen LogP contribution >= 0.6 is 11.6 Å². The Morgan fingerprint density at radius 3 is 2.00 bits per heavy atom. The molecular formula is C26H25ClO5. The second kappa shape index (κ2) is 11.9. The Labute approximate surface area is 192 Å². The summed E-state index contributed by atoms with van der Waals surface area (Å²) in [4.78, 5) is 25.0. The highest BCUT2D eigenvalue weighted by atomic mass is 35.5. The van der Waals surface area contributed by atoms with Crippen LogP contribution in [0.4, 0.5) is 0 Å². The van der Waals surface area contributed by atoms with Crippen LogP contribution in [0.2, 0.25) is 0 Å². The van der Waals surface area contributed by atoms with Gasteiger partial charge >= 0.3 is 5.97 Å². The fraction of sp³-hybridized carbons (Fsp3) is 0.231. The number of Topliss-reactive ketones (excluding diaryl/α,β-unsaturated/α-hetero) is 1. The predicted octanol–water partition coefficient (Wildman–Crippen LogP) is 5.37. The van der Waals surface area contributed by atoms with Gasteiger partial charge in [-0.25, -0.2) is 0 Å². The van der Waals surface area contributed by atoms with Crippen LogP contribution in [0.3, 0.4) is 0 Å². The Morgan fingerprint density at radius 1 is 0.844 bits per heavy atom. The standard InChI is InChI=1S/C26H25ClO5/c1-30-25(29)15-21-14-22(31-17-19-8-4-2-5-9-19)16-24(26(21)23(28)12-13-27)32-18-20-10-6-3-7-11-20/h2-11,14,16H,12-13,15,17-18H2,1H3. The molecule has 0 spiro atoms. The maximum atomic E-state index is 12.9. The van der Waals surface area contributed by atoms with Crippen molar-refractivity contribution >= 4 is 23.4 Å². The van der Waals surface area contributed by atoms with Gasteiger partial charge < -0.3 is 14.2 Å². The first-order valence-electron chi connectivity index (χ1n) is 10.3. The van der Waals surface area contributed by atoms with E-state index in [0.29, 0.717) is 29.2 Å². The van der Waals surface area contributed by atoms with E-state index >= 15 is 0 Å². The monoisotopic (exact) mass is 452 g/mol. The first-order chi connectivity index (χ1) is 15.6. The molecule has 0 atom stereocenters. The molecular weight excluding hydrogens is 428 g/mol. The molecule has 6 heteroatoms. The van der Waals surface area contributed by atoms with Crippen LogP contribution in [0, 0.1) is 0 Å². The Kier molecular flexibility index (Phi) is 8.70. The van der Waals surface area contributed by atoms with E-state index in [9.17, 15) is 9.59 Å². The first kappa shape index (κ1) is 23.4. The smallest absolute Gasteiger partial charge is 0.310 e. The minimum Gasteiger partial charge on any atom is -0.489 e. The number of rotatable bonds is 11. The van der Waals surface area contributed by atoms with Crippen molar-refractivity contribution in [2.45, 2.75) is 26.1 Å². The van der Waals surface area contributed by atoms with Crippen LogP contribution in [0.25, 0.3) is 0 Å². The number of alkyl halides is 1. The molecule has 0 aromatic heterocycles. The van der Waals surface area contributed by atoms with Gasteiger partial charge in [0, 0.05) is 18.4 Å². The number of benzene rings is 3. The average molecular weight is 453 g/mol. The topological polar surface area (TPSA) is 61.8 Å². The molecule has 0 amide bonds. The molecule has 0 fully saturated rings. The van der Waals surface area contributed by atoms with Crippen molar-refractivity contribution in [2.75, 3.05) is 13.0 Å². The quantitative estimate of drug-likeness (QED) is 0.222. The number of halogens is 1. The van der Waals surface area contributed by atoms with Gasteiger partial charge in [-0.2, -0.15) is 0 Å². The van der Waals surface area contributed by atoms with Crippen LogP contribution in [0.15, 0.2) is 72.8 Å². The predicted molar refractivity (Wildman–Crippen MR) is 123 cm³/mol. The van der Waals surface area contributed by atoms with Crippen LogP contribution in [-0.4, -0.2) is 24.7 Å². The second-order valence-corrected chi connectivity index (χ2v) is 7.50. The highest BCUT2D eigenvalue weighted by molar-refractivity contribution is 6.19. The van der Waals surface area contributed by atoms with Gasteiger partial charge in [0.25, 0.3) is 0 Å². The Morgan fingerprint density at radius 2 is 1.44 bits per heavy atom. The summed E-state index contributed by atoms with van der Waals surface area (Å²) in [5.74, 6) is 0.364. The third-order valence-electron chi connectivity index (χ3n) is 4.81. The minimum atomic E-state index is -0.459. The molecule has 0 unspecified atom stereocenters. The van der Waals surface area contributed by atoms with E-state index in [4.69, 9.17) is 25.8 Å². The lowest BCUT2D eigenvalue weighted by Crippen LogP contribution is -2.13. The van der Waals surface area contributed by atoms with E-state index < -0.39 is 5.97 Å². The highest BCUT2D eigenvalue weighted by Crippen LogP contribution is 2.32. The van der Waals surface area contributed by atoms with Crippen molar-refractivity contribution in [1.29, 1.82) is 0 Å². The Bertz CT molecular complexity index is 1030. The van der Waals surface area contributed by atoms with Crippen LogP contribution in [0.1, 0.15) is 33.5 Å². The second-order valence-electron chi connectivity index (χ2n) is 7.12. The summed E-state index contributed by atoms with van der Waals surface area (Å²) >= 11 is 5.83. The van der Waals surface area contributed by atoms with Gasteiger partial charge in [0.05, 0.1) is 19.1 Å². The van der Waals surface area contributed by atoms with Crippen molar-refractivity contribution < 1.29 is 23.8 Å². The van der Waals surface area contributed by atoms with Crippen LogP contribution in [0.5, 0.6) is 11.5 Å². The SMILES string of the molecule is COC(=O)Cc1cc(OCc2ccccc2)cc(OCc2ccccc2)c1C(=O)CCCl. The van der Waals surface area contributed by atoms with Gasteiger partial charge in [0.15, 0.2) is 5.78 Å². The molecule has 0 radical (unpaired) electrons. The molecule has 0 saturated carbocycles. The van der Waals surface area contributed by atoms with Gasteiger partial charge in [-0.15, -0.1) is 11.6 Å². The van der Waals surface area contributed by atoms with E-state index in [-0.39, 0.29) is 31.1 Å². The van der Waals surface area contributed by atoms with Gasteiger partial charge in [0.2, 0.25) is 0 Å². The molecule has 166 valence electrons. The van der Waals surface area contributed by atoms with Crippen molar-refractivity contribution in [3.8, 4) is 11.5 Å². The number of hydrogen-bond acceptors (Lipinski definition) is 5. The van der Waals surface area contributed by atoms with E-state index in [2.05, 4.69) is 0 Å². The lowest BCUT2D eigenvalue weighted by atomic mass is 9.97. The molecule has 5 nitrogen and oxygen atoms in total. The van der Waals surface area contributed by atoms with Crippen molar-refractivity contribution in [3.05, 3.63) is 95.1 Å². The maximum Gasteiger partial charge on any atom is 0.310 e. The van der Waals surface area contributed by atoms with Crippen LogP contribution < -0.4 is 9.47 Å². The normalized spacial score (nSPS) is 10.4. The maximum absolute atomic E-state index is 12.9. The number of ketones is 1. The summed E-state index contributed by atoms with van der Waals surface area (Å²) in [6, 6.07) is 22.7. The minimum absolute atomic E-state index is 0.0793. The van der Waals surface area contributed by atoms with Gasteiger partial charge in [0.1, 0.15) is 24.7 Å². The summed E-state index contributed by atoms with van der Waals surface area (Å²) in [5, 5.41) is 0. The molecule has 3 aromatic rings. The summed E-state index contributed by atoms with van der Waals surface area (Å²) in [6.07, 6.45) is 0.0474. The van der Waals surface area contributed by atoms with Gasteiger partial charge in [-0.1, -0.05) is 60.7 Å². The summed E-state index contributed by atoms with van der Waals surface area (Å²) in [5.41, 5.74) is 2.77.